The number of pyridine rings is 2. The molecule has 2 heterocycles. The van der Waals surface area contributed by atoms with E-state index in [9.17, 15) is 4.79 Å². The Morgan fingerprint density at radius 2 is 2.05 bits per heavy atom. The Kier molecular flexibility index (Phi) is 4.57. The molecule has 0 saturated heterocycles. The zero-order chi connectivity index (χ0) is 15.5. The lowest BCUT2D eigenvalue weighted by Gasteiger charge is -2.19. The smallest absolute Gasteiger partial charge is 0.413 e. The third kappa shape index (κ3) is 4.53. The van der Waals surface area contributed by atoms with Crippen LogP contribution in [0.1, 0.15) is 20.8 Å². The van der Waals surface area contributed by atoms with Crippen LogP contribution in [0, 0.1) is 0 Å². The number of ether oxygens (including phenoxy) is 1. The average Bonchev–Trinajstić information content (AvgIpc) is 2.40. The van der Waals surface area contributed by atoms with Crippen molar-refractivity contribution in [3.05, 3.63) is 41.1 Å². The molecule has 0 unspecified atom stereocenters. The third-order valence-electron chi connectivity index (χ3n) is 2.43. The van der Waals surface area contributed by atoms with Crippen molar-refractivity contribution in [3.8, 4) is 11.3 Å². The predicted octanol–water partition coefficient (Wildman–Crippen LogP) is 4.25. The molecule has 0 saturated carbocycles. The van der Waals surface area contributed by atoms with E-state index >= 15 is 0 Å². The average molecular weight is 350 g/mol. The van der Waals surface area contributed by atoms with E-state index in [4.69, 9.17) is 4.74 Å². The van der Waals surface area contributed by atoms with Crippen molar-refractivity contribution >= 4 is 27.8 Å². The van der Waals surface area contributed by atoms with Crippen LogP contribution in [0.2, 0.25) is 0 Å². The molecular formula is C15H16BrN3O2. The topological polar surface area (TPSA) is 64.1 Å². The van der Waals surface area contributed by atoms with Crippen LogP contribution >= 0.6 is 15.9 Å². The molecular weight excluding hydrogens is 334 g/mol. The molecule has 1 N–H and O–H groups in total. The Bertz CT molecular complexity index is 639. The first-order chi connectivity index (χ1) is 9.85. The van der Waals surface area contributed by atoms with Gasteiger partial charge in [0.05, 0.1) is 5.69 Å². The molecule has 2 rings (SSSR count). The van der Waals surface area contributed by atoms with Crippen LogP contribution < -0.4 is 5.32 Å². The molecule has 2 aromatic heterocycles. The van der Waals surface area contributed by atoms with Gasteiger partial charge in [-0.05, 0) is 54.9 Å². The molecule has 0 spiro atoms. The van der Waals surface area contributed by atoms with Crippen LogP contribution in [-0.4, -0.2) is 21.7 Å². The number of anilines is 1. The summed E-state index contributed by atoms with van der Waals surface area (Å²) in [5.74, 6) is 0.410. The van der Waals surface area contributed by atoms with Crippen LogP contribution in [-0.2, 0) is 4.74 Å². The van der Waals surface area contributed by atoms with Gasteiger partial charge in [-0.15, -0.1) is 0 Å². The van der Waals surface area contributed by atoms with Crippen molar-refractivity contribution in [2.75, 3.05) is 5.32 Å². The monoisotopic (exact) mass is 349 g/mol. The minimum atomic E-state index is -0.552. The number of nitrogens with one attached hydrogen (secondary N) is 1. The molecule has 0 aliphatic heterocycles. The van der Waals surface area contributed by atoms with Gasteiger partial charge in [-0.1, -0.05) is 6.07 Å². The number of aromatic nitrogens is 2. The molecule has 2 aromatic rings. The normalized spacial score (nSPS) is 11.0. The van der Waals surface area contributed by atoms with Crippen molar-refractivity contribution in [3.63, 3.8) is 0 Å². The van der Waals surface area contributed by atoms with E-state index in [1.165, 1.54) is 0 Å². The number of hydrogen-bond donors (Lipinski definition) is 1. The Morgan fingerprint density at radius 3 is 2.67 bits per heavy atom. The van der Waals surface area contributed by atoms with Crippen molar-refractivity contribution < 1.29 is 9.53 Å². The third-order valence-corrected chi connectivity index (χ3v) is 3.06. The zero-order valence-electron chi connectivity index (χ0n) is 12.1. The fourth-order valence-corrected chi connectivity index (χ4v) is 2.05. The molecule has 1 amide bonds. The minimum Gasteiger partial charge on any atom is -0.444 e. The van der Waals surface area contributed by atoms with E-state index < -0.39 is 11.7 Å². The molecule has 110 valence electrons. The standard InChI is InChI=1S/C15H16BrN3O2/c1-15(2,3)21-14(20)19-13-8-10(11(16)9-18-13)12-6-4-5-7-17-12/h4-9H,1-3H3,(H,18,19,20). The first-order valence-corrected chi connectivity index (χ1v) is 7.21. The Balaban J connectivity index is 2.22. The zero-order valence-corrected chi connectivity index (χ0v) is 13.6. The Labute approximate surface area is 131 Å². The highest BCUT2D eigenvalue weighted by Gasteiger charge is 2.17. The number of nitrogens with zero attached hydrogens (tertiary/aromatic N) is 2. The second-order valence-electron chi connectivity index (χ2n) is 5.39. The first-order valence-electron chi connectivity index (χ1n) is 6.42. The maximum atomic E-state index is 11.8. The SMILES string of the molecule is CC(C)(C)OC(=O)Nc1cc(-c2ccccn2)c(Br)cn1. The summed E-state index contributed by atoms with van der Waals surface area (Å²) in [5.41, 5.74) is 1.08. The number of amides is 1. The number of rotatable bonds is 2. The molecule has 0 aliphatic carbocycles. The van der Waals surface area contributed by atoms with Crippen molar-refractivity contribution in [2.24, 2.45) is 0 Å². The summed E-state index contributed by atoms with van der Waals surface area (Å²) in [7, 11) is 0. The van der Waals surface area contributed by atoms with Gasteiger partial charge in [0.2, 0.25) is 0 Å². The van der Waals surface area contributed by atoms with Gasteiger partial charge >= 0.3 is 6.09 Å². The maximum absolute atomic E-state index is 11.8. The van der Waals surface area contributed by atoms with Gasteiger partial charge in [-0.3, -0.25) is 10.3 Å². The number of carbonyl (C=O) groups excluding carboxylic acids is 1. The Hall–Kier alpha value is -1.95. The summed E-state index contributed by atoms with van der Waals surface area (Å²) in [6, 6.07) is 7.38. The van der Waals surface area contributed by atoms with E-state index in [0.29, 0.717) is 5.82 Å². The van der Waals surface area contributed by atoms with Crippen LogP contribution in [0.15, 0.2) is 41.1 Å². The van der Waals surface area contributed by atoms with Crippen molar-refractivity contribution in [2.45, 2.75) is 26.4 Å². The highest BCUT2D eigenvalue weighted by atomic mass is 79.9. The summed E-state index contributed by atoms with van der Waals surface area (Å²) < 4.78 is 6.00. The van der Waals surface area contributed by atoms with E-state index in [2.05, 4.69) is 31.2 Å². The summed E-state index contributed by atoms with van der Waals surface area (Å²) in [4.78, 5) is 20.2. The fraction of sp³-hybridized carbons (Fsp3) is 0.267. The molecule has 5 nitrogen and oxygen atoms in total. The van der Waals surface area contributed by atoms with Crippen molar-refractivity contribution in [1.29, 1.82) is 0 Å². The largest absolute Gasteiger partial charge is 0.444 e. The second kappa shape index (κ2) is 6.22. The van der Waals surface area contributed by atoms with Gasteiger partial charge in [0.1, 0.15) is 11.4 Å². The lowest BCUT2D eigenvalue weighted by atomic mass is 10.2. The van der Waals surface area contributed by atoms with Gasteiger partial charge in [0.15, 0.2) is 0 Å². The molecule has 0 aromatic carbocycles. The highest BCUT2D eigenvalue weighted by molar-refractivity contribution is 9.10. The lowest BCUT2D eigenvalue weighted by Crippen LogP contribution is -2.27. The summed E-state index contributed by atoms with van der Waals surface area (Å²) in [6.07, 6.45) is 2.80. The van der Waals surface area contributed by atoms with Gasteiger partial charge in [0.25, 0.3) is 0 Å². The lowest BCUT2D eigenvalue weighted by molar-refractivity contribution is 0.0635. The van der Waals surface area contributed by atoms with Gasteiger partial charge in [-0.25, -0.2) is 9.78 Å². The molecule has 0 fully saturated rings. The second-order valence-corrected chi connectivity index (χ2v) is 6.25. The number of carbonyl (C=O) groups is 1. The quantitative estimate of drug-likeness (QED) is 0.879. The summed E-state index contributed by atoms with van der Waals surface area (Å²) in [6.45, 7) is 5.42. The molecule has 0 atom stereocenters. The maximum Gasteiger partial charge on any atom is 0.413 e. The van der Waals surface area contributed by atoms with Gasteiger partial charge in [-0.2, -0.15) is 0 Å². The summed E-state index contributed by atoms with van der Waals surface area (Å²) >= 11 is 3.44. The van der Waals surface area contributed by atoms with Crippen LogP contribution in [0.4, 0.5) is 10.6 Å². The summed E-state index contributed by atoms with van der Waals surface area (Å²) in [5, 5.41) is 2.61. The predicted molar refractivity (Wildman–Crippen MR) is 85.0 cm³/mol. The van der Waals surface area contributed by atoms with Gasteiger partial charge < -0.3 is 4.74 Å². The van der Waals surface area contributed by atoms with Crippen LogP contribution in [0.5, 0.6) is 0 Å². The molecule has 0 aliphatic rings. The molecule has 0 bridgehead atoms. The van der Waals surface area contributed by atoms with Crippen molar-refractivity contribution in [1.82, 2.24) is 9.97 Å². The number of hydrogen-bond acceptors (Lipinski definition) is 4. The van der Waals surface area contributed by atoms with E-state index in [-0.39, 0.29) is 0 Å². The first kappa shape index (κ1) is 15.4. The Morgan fingerprint density at radius 1 is 1.29 bits per heavy atom. The van der Waals surface area contributed by atoms with Gasteiger partial charge in [0, 0.05) is 22.4 Å². The van der Waals surface area contributed by atoms with E-state index in [1.54, 1.807) is 39.2 Å². The minimum absolute atomic E-state index is 0.410. The van der Waals surface area contributed by atoms with E-state index in [0.717, 1.165) is 15.7 Å². The van der Waals surface area contributed by atoms with Crippen LogP contribution in [0.3, 0.4) is 0 Å². The van der Waals surface area contributed by atoms with Crippen LogP contribution in [0.25, 0.3) is 11.3 Å². The molecule has 21 heavy (non-hydrogen) atoms. The highest BCUT2D eigenvalue weighted by Crippen LogP contribution is 2.28. The van der Waals surface area contributed by atoms with E-state index in [1.807, 2.05) is 18.2 Å². The molecule has 0 radical (unpaired) electrons. The molecule has 6 heteroatoms. The number of halogens is 1. The fourth-order valence-electron chi connectivity index (χ4n) is 1.63.